The molecule has 0 radical (unpaired) electrons. The van der Waals surface area contributed by atoms with E-state index in [0.29, 0.717) is 5.56 Å². The lowest BCUT2D eigenvalue weighted by atomic mass is 10.1. The van der Waals surface area contributed by atoms with E-state index in [1.165, 1.54) is 50.4 Å². The molecule has 0 bridgehead atoms. The van der Waals surface area contributed by atoms with Gasteiger partial charge >= 0.3 is 0 Å². The number of amides is 1. The lowest BCUT2D eigenvalue weighted by Crippen LogP contribution is -2.15. The number of nitro groups is 1. The number of aryl methyl sites for hydroxylation is 1. The summed E-state index contributed by atoms with van der Waals surface area (Å²) in [5.74, 6) is -0.923. The fraction of sp³-hybridized carbons (Fsp3) is 0.0952. The number of carbonyl (C=O) groups is 1. The van der Waals surface area contributed by atoms with E-state index >= 15 is 0 Å². The number of hydrogen-bond donors (Lipinski definition) is 2. The highest BCUT2D eigenvalue weighted by Gasteiger charge is 2.18. The van der Waals surface area contributed by atoms with Gasteiger partial charge in [-0.2, -0.15) is 0 Å². The number of nitrogens with one attached hydrogen (secondary N) is 2. The van der Waals surface area contributed by atoms with Crippen LogP contribution in [-0.4, -0.2) is 26.4 Å². The highest BCUT2D eigenvalue weighted by atomic mass is 32.2. The largest absolute Gasteiger partial charge is 0.495 e. The summed E-state index contributed by atoms with van der Waals surface area (Å²) >= 11 is 0. The maximum atomic E-state index is 13.1. The van der Waals surface area contributed by atoms with Gasteiger partial charge in [0.1, 0.15) is 11.6 Å². The first-order valence-corrected chi connectivity index (χ1v) is 10.6. The number of sulfonamides is 1. The molecular formula is C21H18FN3O6S. The van der Waals surface area contributed by atoms with Crippen LogP contribution in [0.1, 0.15) is 15.9 Å². The number of nitro benzene ring substituents is 1. The van der Waals surface area contributed by atoms with Crippen LogP contribution in [0.2, 0.25) is 0 Å². The number of methoxy groups -OCH3 is 1. The fourth-order valence-corrected chi connectivity index (χ4v) is 3.95. The standard InChI is InChI=1S/C21H18FN3O6S/c1-13-11-14(3-9-19(13)25(27)28)21(26)23-16-6-10-20(31-2)18(12-16)24-32(29,30)17-7-4-15(22)5-8-17/h3-12,24H,1-2H3,(H,23,26). The number of ether oxygens (including phenoxy) is 1. The van der Waals surface area contributed by atoms with Crippen molar-refractivity contribution in [3.05, 3.63) is 87.7 Å². The van der Waals surface area contributed by atoms with Crippen LogP contribution < -0.4 is 14.8 Å². The molecule has 0 atom stereocenters. The van der Waals surface area contributed by atoms with Crippen molar-refractivity contribution in [2.75, 3.05) is 17.1 Å². The second kappa shape index (κ2) is 9.02. The quantitative estimate of drug-likeness (QED) is 0.404. The predicted molar refractivity (Wildman–Crippen MR) is 116 cm³/mol. The zero-order valence-corrected chi connectivity index (χ0v) is 17.8. The van der Waals surface area contributed by atoms with Gasteiger partial charge in [-0.1, -0.05) is 0 Å². The third-order valence-corrected chi connectivity index (χ3v) is 5.86. The van der Waals surface area contributed by atoms with Crippen molar-refractivity contribution in [1.29, 1.82) is 0 Å². The molecule has 0 aliphatic carbocycles. The molecule has 0 spiro atoms. The molecule has 0 aliphatic heterocycles. The zero-order chi connectivity index (χ0) is 23.5. The molecule has 3 aromatic rings. The van der Waals surface area contributed by atoms with Gasteiger partial charge in [-0.05, 0) is 61.5 Å². The van der Waals surface area contributed by atoms with Gasteiger partial charge in [-0.25, -0.2) is 12.8 Å². The molecule has 0 saturated carbocycles. The predicted octanol–water partition coefficient (Wildman–Crippen LogP) is 4.10. The molecule has 0 aromatic heterocycles. The van der Waals surface area contributed by atoms with E-state index in [2.05, 4.69) is 10.0 Å². The van der Waals surface area contributed by atoms with Crippen molar-refractivity contribution >= 4 is 33.0 Å². The summed E-state index contributed by atoms with van der Waals surface area (Å²) < 4.78 is 45.9. The third-order valence-electron chi connectivity index (χ3n) is 4.48. The minimum Gasteiger partial charge on any atom is -0.495 e. The topological polar surface area (TPSA) is 128 Å². The molecule has 0 unspecified atom stereocenters. The number of carbonyl (C=O) groups excluding carboxylic acids is 1. The van der Waals surface area contributed by atoms with Crippen LogP contribution in [0, 0.1) is 22.9 Å². The minimum absolute atomic E-state index is 0.0505. The Bertz CT molecular complexity index is 1290. The number of nitrogens with zero attached hydrogens (tertiary/aromatic N) is 1. The van der Waals surface area contributed by atoms with Gasteiger partial charge < -0.3 is 10.1 Å². The Morgan fingerprint density at radius 1 is 1.06 bits per heavy atom. The molecule has 0 aliphatic rings. The van der Waals surface area contributed by atoms with Gasteiger partial charge in [0, 0.05) is 22.9 Å². The molecule has 2 N–H and O–H groups in total. The molecular weight excluding hydrogens is 441 g/mol. The van der Waals surface area contributed by atoms with Crippen LogP contribution in [-0.2, 0) is 10.0 Å². The number of hydrogen-bond acceptors (Lipinski definition) is 6. The highest BCUT2D eigenvalue weighted by Crippen LogP contribution is 2.30. The van der Waals surface area contributed by atoms with Gasteiger partial charge in [-0.3, -0.25) is 19.6 Å². The molecule has 32 heavy (non-hydrogen) atoms. The first-order valence-electron chi connectivity index (χ1n) is 9.13. The second-order valence-electron chi connectivity index (χ2n) is 6.69. The monoisotopic (exact) mass is 459 g/mol. The Hall–Kier alpha value is -3.99. The van der Waals surface area contributed by atoms with E-state index in [1.807, 2.05) is 0 Å². The summed E-state index contributed by atoms with van der Waals surface area (Å²) in [6, 6.07) is 12.5. The summed E-state index contributed by atoms with van der Waals surface area (Å²) in [7, 11) is -2.70. The molecule has 11 heteroatoms. The van der Waals surface area contributed by atoms with E-state index in [0.717, 1.165) is 24.3 Å². The number of rotatable bonds is 7. The molecule has 0 heterocycles. The molecule has 1 amide bonds. The molecule has 0 saturated heterocycles. The maximum absolute atomic E-state index is 13.1. The van der Waals surface area contributed by atoms with Crippen molar-refractivity contribution in [3.63, 3.8) is 0 Å². The average molecular weight is 459 g/mol. The van der Waals surface area contributed by atoms with Crippen LogP contribution in [0.25, 0.3) is 0 Å². The van der Waals surface area contributed by atoms with Crippen molar-refractivity contribution < 1.29 is 27.3 Å². The summed E-state index contributed by atoms with van der Waals surface area (Å²) in [5, 5.41) is 13.6. The molecule has 9 nitrogen and oxygen atoms in total. The molecule has 0 fully saturated rings. The molecule has 3 rings (SSSR count). The fourth-order valence-electron chi connectivity index (χ4n) is 2.89. The van der Waals surface area contributed by atoms with Crippen molar-refractivity contribution in [3.8, 4) is 5.75 Å². The van der Waals surface area contributed by atoms with Crippen LogP contribution in [0.15, 0.2) is 65.6 Å². The van der Waals surface area contributed by atoms with E-state index in [9.17, 15) is 27.7 Å². The van der Waals surface area contributed by atoms with Crippen molar-refractivity contribution in [1.82, 2.24) is 0 Å². The van der Waals surface area contributed by atoms with E-state index in [1.54, 1.807) is 0 Å². The zero-order valence-electron chi connectivity index (χ0n) is 17.0. The van der Waals surface area contributed by atoms with Gasteiger partial charge in [-0.15, -0.1) is 0 Å². The Labute approximate surface area is 183 Å². The summed E-state index contributed by atoms with van der Waals surface area (Å²) in [6.45, 7) is 1.52. The Morgan fingerprint density at radius 2 is 1.75 bits per heavy atom. The average Bonchev–Trinajstić information content (AvgIpc) is 2.73. The molecule has 3 aromatic carbocycles. The Kier molecular flexibility index (Phi) is 6.40. The first-order chi connectivity index (χ1) is 15.1. The summed E-state index contributed by atoms with van der Waals surface area (Å²) in [4.78, 5) is 22.8. The van der Waals surface area contributed by atoms with Crippen LogP contribution in [0.4, 0.5) is 21.5 Å². The van der Waals surface area contributed by atoms with Crippen molar-refractivity contribution in [2.24, 2.45) is 0 Å². The van der Waals surface area contributed by atoms with E-state index in [4.69, 9.17) is 4.74 Å². The van der Waals surface area contributed by atoms with Crippen LogP contribution in [0.5, 0.6) is 5.75 Å². The Morgan fingerprint density at radius 3 is 2.34 bits per heavy atom. The SMILES string of the molecule is COc1ccc(NC(=O)c2ccc([N+](=O)[O-])c(C)c2)cc1NS(=O)(=O)c1ccc(F)cc1. The third kappa shape index (κ3) is 5.01. The molecule has 166 valence electrons. The van der Waals surface area contributed by atoms with Crippen LogP contribution in [0.3, 0.4) is 0 Å². The summed E-state index contributed by atoms with van der Waals surface area (Å²) in [6.07, 6.45) is 0. The lowest BCUT2D eigenvalue weighted by molar-refractivity contribution is -0.385. The van der Waals surface area contributed by atoms with Gasteiger partial charge in [0.15, 0.2) is 0 Å². The highest BCUT2D eigenvalue weighted by molar-refractivity contribution is 7.92. The first kappa shape index (κ1) is 22.7. The second-order valence-corrected chi connectivity index (χ2v) is 8.37. The van der Waals surface area contributed by atoms with Gasteiger partial charge in [0.2, 0.25) is 0 Å². The Balaban J connectivity index is 1.86. The van der Waals surface area contributed by atoms with E-state index < -0.39 is 26.7 Å². The van der Waals surface area contributed by atoms with Crippen LogP contribution >= 0.6 is 0 Å². The minimum atomic E-state index is -4.05. The van der Waals surface area contributed by atoms with E-state index in [-0.39, 0.29) is 33.3 Å². The summed E-state index contributed by atoms with van der Waals surface area (Å²) in [5.41, 5.74) is 0.712. The van der Waals surface area contributed by atoms with Gasteiger partial charge in [0.25, 0.3) is 21.6 Å². The smallest absolute Gasteiger partial charge is 0.272 e. The number of halogens is 1. The number of benzene rings is 3. The maximum Gasteiger partial charge on any atom is 0.272 e. The van der Waals surface area contributed by atoms with Gasteiger partial charge in [0.05, 0.1) is 22.6 Å². The lowest BCUT2D eigenvalue weighted by Gasteiger charge is -2.14. The number of anilines is 2. The van der Waals surface area contributed by atoms with Crippen molar-refractivity contribution in [2.45, 2.75) is 11.8 Å². The normalized spacial score (nSPS) is 11.0.